The van der Waals surface area contributed by atoms with Gasteiger partial charge in [0.25, 0.3) is 0 Å². The molecular weight excluding hydrogens is 256 g/mol. The molecule has 18 heavy (non-hydrogen) atoms. The summed E-state index contributed by atoms with van der Waals surface area (Å²) in [5.74, 6) is 0.579. The van der Waals surface area contributed by atoms with E-state index in [1.165, 1.54) is 7.11 Å². The Balaban J connectivity index is 2.57. The van der Waals surface area contributed by atoms with Crippen LogP contribution in [0.2, 0.25) is 0 Å². The summed E-state index contributed by atoms with van der Waals surface area (Å²) in [6.45, 7) is 1.03. The summed E-state index contributed by atoms with van der Waals surface area (Å²) in [5.41, 5.74) is 5.80. The van der Waals surface area contributed by atoms with Crippen molar-refractivity contribution in [3.8, 4) is 5.75 Å². The zero-order valence-corrected chi connectivity index (χ0v) is 11.1. The molecule has 0 spiro atoms. The first kappa shape index (κ1) is 14.7. The lowest BCUT2D eigenvalue weighted by atomic mass is 10.3. The number of hydrogen-bond donors (Lipinski definition) is 2. The van der Waals surface area contributed by atoms with E-state index in [2.05, 4.69) is 4.72 Å². The average Bonchev–Trinajstić information content (AvgIpc) is 2.35. The third-order valence-corrected chi connectivity index (χ3v) is 3.32. The number of nitrogens with one attached hydrogen (secondary N) is 1. The summed E-state index contributed by atoms with van der Waals surface area (Å²) in [7, 11) is -1.90. The van der Waals surface area contributed by atoms with Gasteiger partial charge >= 0.3 is 0 Å². The normalized spacial score (nSPS) is 11.2. The molecule has 102 valence electrons. The maximum absolute atomic E-state index is 11.6. The van der Waals surface area contributed by atoms with Gasteiger partial charge in [-0.15, -0.1) is 0 Å². The van der Waals surface area contributed by atoms with E-state index in [-0.39, 0.29) is 12.4 Å². The van der Waals surface area contributed by atoms with Gasteiger partial charge < -0.3 is 15.2 Å². The zero-order chi connectivity index (χ0) is 13.4. The Hall–Kier alpha value is -1.31. The molecule has 1 aromatic carbocycles. The number of nitrogens with two attached hydrogens (primary N) is 1. The van der Waals surface area contributed by atoms with Crippen LogP contribution < -0.4 is 15.2 Å². The number of anilines is 1. The van der Waals surface area contributed by atoms with Gasteiger partial charge in [0.05, 0.1) is 12.4 Å². The van der Waals surface area contributed by atoms with Crippen molar-refractivity contribution in [2.45, 2.75) is 0 Å². The van der Waals surface area contributed by atoms with Crippen molar-refractivity contribution in [2.24, 2.45) is 5.73 Å². The Morgan fingerprint density at radius 1 is 1.22 bits per heavy atom. The molecule has 0 fully saturated rings. The van der Waals surface area contributed by atoms with Gasteiger partial charge in [-0.3, -0.25) is 4.72 Å². The highest BCUT2D eigenvalue weighted by Gasteiger charge is 2.09. The second-order valence-electron chi connectivity index (χ2n) is 3.58. The van der Waals surface area contributed by atoms with Gasteiger partial charge in [0.2, 0.25) is 10.0 Å². The quantitative estimate of drug-likeness (QED) is 0.716. The lowest BCUT2D eigenvalue weighted by Gasteiger charge is -2.09. The standard InChI is InChI=1S/C11H18N2O4S/c1-16-8-9-18(14,15)13-10-2-4-11(5-3-10)17-7-6-12/h2-5,13H,6-9,12H2,1H3. The van der Waals surface area contributed by atoms with Crippen molar-refractivity contribution in [1.29, 1.82) is 0 Å². The van der Waals surface area contributed by atoms with Gasteiger partial charge in [-0.25, -0.2) is 8.42 Å². The second-order valence-corrected chi connectivity index (χ2v) is 5.42. The van der Waals surface area contributed by atoms with Crippen LogP contribution in [0.3, 0.4) is 0 Å². The van der Waals surface area contributed by atoms with Crippen LogP contribution in [0.4, 0.5) is 5.69 Å². The molecule has 0 bridgehead atoms. The summed E-state index contributed by atoms with van der Waals surface area (Å²) < 4.78 is 35.6. The van der Waals surface area contributed by atoms with Gasteiger partial charge in [0, 0.05) is 19.3 Å². The van der Waals surface area contributed by atoms with Crippen molar-refractivity contribution >= 4 is 15.7 Å². The Kier molecular flexibility index (Phi) is 5.90. The second kappa shape index (κ2) is 7.20. The van der Waals surface area contributed by atoms with Crippen molar-refractivity contribution < 1.29 is 17.9 Å². The fourth-order valence-electron chi connectivity index (χ4n) is 1.22. The van der Waals surface area contributed by atoms with E-state index < -0.39 is 10.0 Å². The predicted octanol–water partition coefficient (Wildman–Crippen LogP) is 0.412. The van der Waals surface area contributed by atoms with Crippen molar-refractivity contribution in [3.63, 3.8) is 0 Å². The lowest BCUT2D eigenvalue weighted by Crippen LogP contribution is -2.19. The Morgan fingerprint density at radius 2 is 1.89 bits per heavy atom. The monoisotopic (exact) mass is 274 g/mol. The summed E-state index contributed by atoms with van der Waals surface area (Å²) in [4.78, 5) is 0. The summed E-state index contributed by atoms with van der Waals surface area (Å²) in [6, 6.07) is 6.64. The van der Waals surface area contributed by atoms with Crippen LogP contribution in [0.15, 0.2) is 24.3 Å². The minimum Gasteiger partial charge on any atom is -0.492 e. The minimum absolute atomic E-state index is 0.0745. The smallest absolute Gasteiger partial charge is 0.234 e. The van der Waals surface area contributed by atoms with Crippen LogP contribution in [0.1, 0.15) is 0 Å². The maximum atomic E-state index is 11.6. The molecule has 0 saturated carbocycles. The highest BCUT2D eigenvalue weighted by atomic mass is 32.2. The van der Waals surface area contributed by atoms with Gasteiger partial charge in [-0.1, -0.05) is 0 Å². The average molecular weight is 274 g/mol. The van der Waals surface area contributed by atoms with Crippen molar-refractivity contribution in [1.82, 2.24) is 0 Å². The SMILES string of the molecule is COCCS(=O)(=O)Nc1ccc(OCCN)cc1. The van der Waals surface area contributed by atoms with Crippen LogP contribution in [-0.2, 0) is 14.8 Å². The first-order chi connectivity index (χ1) is 8.57. The minimum atomic E-state index is -3.36. The third-order valence-electron chi connectivity index (χ3n) is 2.07. The predicted molar refractivity (Wildman–Crippen MR) is 70.3 cm³/mol. The topological polar surface area (TPSA) is 90.7 Å². The molecule has 0 atom stereocenters. The fraction of sp³-hybridized carbons (Fsp3) is 0.455. The molecule has 3 N–H and O–H groups in total. The van der Waals surface area contributed by atoms with E-state index in [1.54, 1.807) is 24.3 Å². The number of sulfonamides is 1. The van der Waals surface area contributed by atoms with E-state index in [0.29, 0.717) is 24.6 Å². The number of methoxy groups -OCH3 is 1. The highest BCUT2D eigenvalue weighted by molar-refractivity contribution is 7.92. The lowest BCUT2D eigenvalue weighted by molar-refractivity contribution is 0.217. The van der Waals surface area contributed by atoms with Gasteiger partial charge in [-0.05, 0) is 24.3 Å². The van der Waals surface area contributed by atoms with Crippen LogP contribution in [0, 0.1) is 0 Å². The van der Waals surface area contributed by atoms with Gasteiger partial charge in [0.15, 0.2) is 0 Å². The Morgan fingerprint density at radius 3 is 2.44 bits per heavy atom. The summed E-state index contributed by atoms with van der Waals surface area (Å²) in [6.07, 6.45) is 0. The van der Waals surface area contributed by atoms with E-state index in [1.807, 2.05) is 0 Å². The van der Waals surface area contributed by atoms with Gasteiger partial charge in [-0.2, -0.15) is 0 Å². The number of hydrogen-bond acceptors (Lipinski definition) is 5. The molecule has 6 nitrogen and oxygen atoms in total. The summed E-state index contributed by atoms with van der Waals surface area (Å²) >= 11 is 0. The first-order valence-corrected chi connectivity index (χ1v) is 7.15. The Labute approximate surface area is 107 Å². The van der Waals surface area contributed by atoms with Crippen molar-refractivity contribution in [3.05, 3.63) is 24.3 Å². The molecule has 0 saturated heterocycles. The maximum Gasteiger partial charge on any atom is 0.234 e. The first-order valence-electron chi connectivity index (χ1n) is 5.50. The van der Waals surface area contributed by atoms with Crippen LogP contribution in [0.5, 0.6) is 5.75 Å². The molecule has 0 radical (unpaired) electrons. The van der Waals surface area contributed by atoms with E-state index in [0.717, 1.165) is 0 Å². The molecule has 0 aromatic heterocycles. The van der Waals surface area contributed by atoms with Crippen LogP contribution >= 0.6 is 0 Å². The molecule has 7 heteroatoms. The largest absolute Gasteiger partial charge is 0.492 e. The van der Waals surface area contributed by atoms with Crippen LogP contribution in [-0.4, -0.2) is 41.0 Å². The van der Waals surface area contributed by atoms with Crippen molar-refractivity contribution in [2.75, 3.05) is 37.3 Å². The molecular formula is C11H18N2O4S. The highest BCUT2D eigenvalue weighted by Crippen LogP contribution is 2.16. The summed E-state index contributed by atoms with van der Waals surface area (Å²) in [5, 5.41) is 0. The van der Waals surface area contributed by atoms with Crippen LogP contribution in [0.25, 0.3) is 0 Å². The van der Waals surface area contributed by atoms with E-state index >= 15 is 0 Å². The fourth-order valence-corrected chi connectivity index (χ4v) is 2.20. The van der Waals surface area contributed by atoms with Gasteiger partial charge in [0.1, 0.15) is 12.4 Å². The third kappa shape index (κ3) is 5.35. The number of benzene rings is 1. The molecule has 1 rings (SSSR count). The number of ether oxygens (including phenoxy) is 2. The molecule has 1 aromatic rings. The molecule has 0 heterocycles. The molecule has 0 aliphatic carbocycles. The zero-order valence-electron chi connectivity index (χ0n) is 10.3. The molecule has 0 aliphatic rings. The Bertz CT molecular complexity index is 445. The molecule has 0 amide bonds. The molecule has 0 aliphatic heterocycles. The van der Waals surface area contributed by atoms with E-state index in [4.69, 9.17) is 15.2 Å². The number of rotatable bonds is 8. The molecule has 0 unspecified atom stereocenters. The van der Waals surface area contributed by atoms with E-state index in [9.17, 15) is 8.42 Å².